The lowest BCUT2D eigenvalue weighted by Gasteiger charge is -2.38. The molecule has 0 amide bonds. The van der Waals surface area contributed by atoms with Crippen LogP contribution in [0, 0.1) is 5.92 Å². The highest BCUT2D eigenvalue weighted by Gasteiger charge is 2.44. The first kappa shape index (κ1) is 8.24. The quantitative estimate of drug-likeness (QED) is 0.675. The van der Waals surface area contributed by atoms with Crippen molar-refractivity contribution in [1.82, 2.24) is 5.32 Å². The van der Waals surface area contributed by atoms with Crippen molar-refractivity contribution in [2.45, 2.75) is 44.6 Å². The zero-order valence-electron chi connectivity index (χ0n) is 7.73. The number of rotatable bonds is 2. The van der Waals surface area contributed by atoms with Gasteiger partial charge in [-0.2, -0.15) is 0 Å². The Labute approximate surface area is 73.7 Å². The number of hydrogen-bond acceptors (Lipinski definition) is 2. The summed E-state index contributed by atoms with van der Waals surface area (Å²) in [5, 5.41) is 3.51. The monoisotopic (exact) mass is 167 g/mol. The van der Waals surface area contributed by atoms with Gasteiger partial charge < -0.3 is 5.32 Å². The maximum Gasteiger partial charge on any atom is 0.137 e. The second kappa shape index (κ2) is 2.84. The zero-order valence-corrected chi connectivity index (χ0v) is 7.73. The van der Waals surface area contributed by atoms with Crippen molar-refractivity contribution >= 4 is 5.78 Å². The molecule has 68 valence electrons. The van der Waals surface area contributed by atoms with E-state index >= 15 is 0 Å². The minimum Gasteiger partial charge on any atom is -0.310 e. The zero-order chi connectivity index (χ0) is 8.60. The summed E-state index contributed by atoms with van der Waals surface area (Å²) in [5.74, 6) is 0.779. The molecular weight excluding hydrogens is 150 g/mol. The third-order valence-electron chi connectivity index (χ3n) is 3.48. The summed E-state index contributed by atoms with van der Waals surface area (Å²) < 4.78 is 0. The highest BCUT2D eigenvalue weighted by Crippen LogP contribution is 2.41. The maximum atomic E-state index is 11.4. The lowest BCUT2D eigenvalue weighted by atomic mass is 9.74. The molecule has 0 radical (unpaired) electrons. The first-order valence-corrected chi connectivity index (χ1v) is 5.03. The number of carbonyl (C=O) groups excluding carboxylic acids is 1. The van der Waals surface area contributed by atoms with Gasteiger partial charge in [0.15, 0.2) is 0 Å². The molecule has 12 heavy (non-hydrogen) atoms. The summed E-state index contributed by atoms with van der Waals surface area (Å²) in [5.41, 5.74) is 0.398. The van der Waals surface area contributed by atoms with Crippen LogP contribution >= 0.6 is 0 Å². The smallest absolute Gasteiger partial charge is 0.137 e. The summed E-state index contributed by atoms with van der Waals surface area (Å²) in [4.78, 5) is 11.4. The Morgan fingerprint density at radius 3 is 2.75 bits per heavy atom. The van der Waals surface area contributed by atoms with E-state index in [0.29, 0.717) is 23.7 Å². The Balaban J connectivity index is 1.93. The molecule has 1 saturated heterocycles. The highest BCUT2D eigenvalue weighted by molar-refractivity contribution is 5.81. The molecule has 2 aliphatic rings. The molecule has 1 atom stereocenters. The van der Waals surface area contributed by atoms with E-state index in [9.17, 15) is 4.79 Å². The second-order valence-electron chi connectivity index (χ2n) is 4.24. The molecule has 1 N–H and O–H groups in total. The third kappa shape index (κ3) is 1.18. The van der Waals surface area contributed by atoms with E-state index in [0.717, 1.165) is 13.0 Å². The van der Waals surface area contributed by atoms with Crippen molar-refractivity contribution in [3.05, 3.63) is 0 Å². The first-order chi connectivity index (χ1) is 5.76. The summed E-state index contributed by atoms with van der Waals surface area (Å²) in [7, 11) is 0. The summed E-state index contributed by atoms with van der Waals surface area (Å²) in [6.07, 6.45) is 5.75. The molecular formula is C10H17NO. The SMILES string of the molecule is CCC(=O)[C@H]1CNC2(CCC2)C1. The van der Waals surface area contributed by atoms with Crippen LogP contribution in [0.2, 0.25) is 0 Å². The van der Waals surface area contributed by atoms with E-state index in [1.54, 1.807) is 0 Å². The van der Waals surface area contributed by atoms with Crippen molar-refractivity contribution < 1.29 is 4.79 Å². The van der Waals surface area contributed by atoms with E-state index in [2.05, 4.69) is 5.32 Å². The molecule has 2 rings (SSSR count). The largest absolute Gasteiger partial charge is 0.310 e. The van der Waals surface area contributed by atoms with Gasteiger partial charge in [0.05, 0.1) is 0 Å². The van der Waals surface area contributed by atoms with E-state index in [1.165, 1.54) is 19.3 Å². The Morgan fingerprint density at radius 2 is 2.33 bits per heavy atom. The van der Waals surface area contributed by atoms with Crippen molar-refractivity contribution in [2.75, 3.05) is 6.54 Å². The van der Waals surface area contributed by atoms with Gasteiger partial charge in [0.2, 0.25) is 0 Å². The standard InChI is InChI=1S/C10H17NO/c1-2-9(12)8-6-10(11-7-8)4-3-5-10/h8,11H,2-7H2,1H3/t8-/m1/s1. The maximum absolute atomic E-state index is 11.4. The molecule has 2 fully saturated rings. The molecule has 2 nitrogen and oxygen atoms in total. The van der Waals surface area contributed by atoms with Crippen LogP contribution in [0.3, 0.4) is 0 Å². The fourth-order valence-corrected chi connectivity index (χ4v) is 2.46. The van der Waals surface area contributed by atoms with Gasteiger partial charge in [-0.3, -0.25) is 4.79 Å². The van der Waals surface area contributed by atoms with Crippen LogP contribution in [0.15, 0.2) is 0 Å². The Hall–Kier alpha value is -0.370. The van der Waals surface area contributed by atoms with Crippen LogP contribution in [-0.2, 0) is 4.79 Å². The Morgan fingerprint density at radius 1 is 1.58 bits per heavy atom. The average Bonchev–Trinajstić information content (AvgIpc) is 2.46. The van der Waals surface area contributed by atoms with Crippen molar-refractivity contribution in [3.8, 4) is 0 Å². The van der Waals surface area contributed by atoms with Crippen molar-refractivity contribution in [1.29, 1.82) is 0 Å². The van der Waals surface area contributed by atoms with E-state index < -0.39 is 0 Å². The van der Waals surface area contributed by atoms with Crippen molar-refractivity contribution in [3.63, 3.8) is 0 Å². The van der Waals surface area contributed by atoms with Crippen LogP contribution in [-0.4, -0.2) is 17.9 Å². The summed E-state index contributed by atoms with van der Waals surface area (Å²) >= 11 is 0. The number of ketones is 1. The molecule has 0 unspecified atom stereocenters. The van der Waals surface area contributed by atoms with Crippen LogP contribution in [0.5, 0.6) is 0 Å². The molecule has 0 aromatic carbocycles. The minimum absolute atomic E-state index is 0.329. The lowest BCUT2D eigenvalue weighted by Crippen LogP contribution is -2.45. The Bertz CT molecular complexity index is 196. The number of carbonyl (C=O) groups is 1. The normalized spacial score (nSPS) is 31.9. The molecule has 0 bridgehead atoms. The van der Waals surface area contributed by atoms with Gasteiger partial charge in [0.25, 0.3) is 0 Å². The lowest BCUT2D eigenvalue weighted by molar-refractivity contribution is -0.122. The van der Waals surface area contributed by atoms with Crippen LogP contribution in [0.25, 0.3) is 0 Å². The third-order valence-corrected chi connectivity index (χ3v) is 3.48. The number of nitrogens with one attached hydrogen (secondary N) is 1. The average molecular weight is 167 g/mol. The van der Waals surface area contributed by atoms with Gasteiger partial charge in [0.1, 0.15) is 5.78 Å². The highest BCUT2D eigenvalue weighted by atomic mass is 16.1. The predicted octanol–water partition coefficient (Wildman–Crippen LogP) is 1.50. The second-order valence-corrected chi connectivity index (χ2v) is 4.24. The first-order valence-electron chi connectivity index (χ1n) is 5.03. The fraction of sp³-hybridized carbons (Fsp3) is 0.900. The summed E-state index contributed by atoms with van der Waals surface area (Å²) in [6.45, 7) is 2.90. The van der Waals surface area contributed by atoms with E-state index in [-0.39, 0.29) is 0 Å². The molecule has 1 heterocycles. The van der Waals surface area contributed by atoms with Crippen LogP contribution in [0.4, 0.5) is 0 Å². The van der Waals surface area contributed by atoms with Crippen molar-refractivity contribution in [2.24, 2.45) is 5.92 Å². The molecule has 1 aliphatic carbocycles. The minimum atomic E-state index is 0.329. The van der Waals surface area contributed by atoms with Gasteiger partial charge in [0, 0.05) is 24.4 Å². The van der Waals surface area contributed by atoms with E-state index in [1.807, 2.05) is 6.92 Å². The van der Waals surface area contributed by atoms with Crippen LogP contribution in [0.1, 0.15) is 39.0 Å². The molecule has 1 aliphatic heterocycles. The number of hydrogen-bond donors (Lipinski definition) is 1. The van der Waals surface area contributed by atoms with Gasteiger partial charge in [-0.25, -0.2) is 0 Å². The molecule has 0 aromatic heterocycles. The summed E-state index contributed by atoms with van der Waals surface area (Å²) in [6, 6.07) is 0. The predicted molar refractivity (Wildman–Crippen MR) is 48.0 cm³/mol. The Kier molecular flexibility index (Phi) is 1.95. The molecule has 0 aromatic rings. The topological polar surface area (TPSA) is 29.1 Å². The van der Waals surface area contributed by atoms with Crippen LogP contribution < -0.4 is 5.32 Å². The fourth-order valence-electron chi connectivity index (χ4n) is 2.46. The molecule has 2 heteroatoms. The van der Waals surface area contributed by atoms with Gasteiger partial charge in [-0.15, -0.1) is 0 Å². The van der Waals surface area contributed by atoms with Gasteiger partial charge in [-0.1, -0.05) is 6.92 Å². The van der Waals surface area contributed by atoms with E-state index in [4.69, 9.17) is 0 Å². The molecule has 1 saturated carbocycles. The van der Waals surface area contributed by atoms with Gasteiger partial charge >= 0.3 is 0 Å². The number of Topliss-reactive ketones (excluding diaryl/α,β-unsaturated/α-hetero) is 1. The van der Waals surface area contributed by atoms with Gasteiger partial charge in [-0.05, 0) is 25.7 Å². The molecule has 1 spiro atoms.